The lowest BCUT2D eigenvalue weighted by Gasteiger charge is -2.25. The van der Waals surface area contributed by atoms with E-state index in [1.54, 1.807) is 45.6 Å². The predicted octanol–water partition coefficient (Wildman–Crippen LogP) is 4.91. The van der Waals surface area contributed by atoms with Gasteiger partial charge in [0.25, 0.3) is 0 Å². The summed E-state index contributed by atoms with van der Waals surface area (Å²) in [7, 11) is 4.69. The molecule has 6 heteroatoms. The van der Waals surface area contributed by atoms with E-state index in [1.165, 1.54) is 0 Å². The first-order valence-electron chi connectivity index (χ1n) is 8.72. The minimum absolute atomic E-state index is 0.0422. The smallest absolute Gasteiger partial charge is 0.166 e. The molecule has 0 radical (unpaired) electrons. The topological polar surface area (TPSA) is 60.0 Å². The number of methoxy groups -OCH3 is 3. The number of aliphatic hydroxyl groups is 1. The highest BCUT2D eigenvalue weighted by molar-refractivity contribution is 6.31. The average molecular weight is 394 g/mol. The average Bonchev–Trinajstić information content (AvgIpc) is 2.64. The molecule has 0 aliphatic carbocycles. The van der Waals surface area contributed by atoms with E-state index in [1.807, 2.05) is 6.07 Å². The molecular formula is C21H28ClNO4. The van der Waals surface area contributed by atoms with Crippen molar-refractivity contribution in [1.29, 1.82) is 0 Å². The van der Waals surface area contributed by atoms with Crippen molar-refractivity contribution in [2.45, 2.75) is 26.9 Å². The Labute approximate surface area is 166 Å². The first-order chi connectivity index (χ1) is 12.7. The molecule has 0 spiro atoms. The Morgan fingerprint density at radius 2 is 1.67 bits per heavy atom. The molecule has 2 rings (SSSR count). The van der Waals surface area contributed by atoms with Crippen LogP contribution in [0.1, 0.15) is 38.0 Å². The van der Waals surface area contributed by atoms with Crippen LogP contribution in [0.3, 0.4) is 0 Å². The van der Waals surface area contributed by atoms with E-state index in [0.717, 1.165) is 0 Å². The lowest BCUT2D eigenvalue weighted by Crippen LogP contribution is -2.20. The van der Waals surface area contributed by atoms with Crippen molar-refractivity contribution >= 4 is 17.3 Å². The van der Waals surface area contributed by atoms with E-state index in [2.05, 4.69) is 26.1 Å². The van der Waals surface area contributed by atoms with Crippen LogP contribution in [0.5, 0.6) is 17.2 Å². The first kappa shape index (κ1) is 21.2. The molecule has 1 atom stereocenters. The Morgan fingerprint density at radius 1 is 1.00 bits per heavy atom. The van der Waals surface area contributed by atoms with Gasteiger partial charge in [-0.15, -0.1) is 0 Å². The summed E-state index contributed by atoms with van der Waals surface area (Å²) in [6.45, 7) is 7.08. The molecule has 2 aromatic carbocycles. The predicted molar refractivity (Wildman–Crippen MR) is 110 cm³/mol. The number of anilines is 1. The van der Waals surface area contributed by atoms with Crippen LogP contribution in [0, 0.1) is 5.41 Å². The summed E-state index contributed by atoms with van der Waals surface area (Å²) in [4.78, 5) is 0. The maximum absolute atomic E-state index is 11.2. The Bertz CT molecular complexity index is 786. The second-order valence-corrected chi connectivity index (χ2v) is 7.91. The molecular weight excluding hydrogens is 366 g/mol. The fourth-order valence-corrected chi connectivity index (χ4v) is 3.03. The van der Waals surface area contributed by atoms with Gasteiger partial charge in [0.05, 0.1) is 27.0 Å². The molecule has 1 unspecified atom stereocenters. The molecule has 0 saturated heterocycles. The first-order valence-corrected chi connectivity index (χ1v) is 9.10. The monoisotopic (exact) mass is 393 g/mol. The zero-order valence-electron chi connectivity index (χ0n) is 16.7. The highest BCUT2D eigenvalue weighted by Crippen LogP contribution is 2.43. The number of aliphatic hydroxyl groups excluding tert-OH is 1. The second kappa shape index (κ2) is 8.72. The van der Waals surface area contributed by atoms with Gasteiger partial charge in [-0.1, -0.05) is 44.5 Å². The third-order valence-electron chi connectivity index (χ3n) is 4.14. The number of ether oxygens (including phenoxy) is 3. The second-order valence-electron chi connectivity index (χ2n) is 7.47. The maximum atomic E-state index is 11.2. The third-order valence-corrected chi connectivity index (χ3v) is 4.35. The number of rotatable bonds is 7. The molecule has 0 saturated carbocycles. The molecule has 0 amide bonds. The number of halogens is 1. The fourth-order valence-electron chi connectivity index (χ4n) is 2.82. The number of hydrogen-bond donors (Lipinski definition) is 2. The molecule has 0 bridgehead atoms. The van der Waals surface area contributed by atoms with Crippen LogP contribution in [0.2, 0.25) is 5.02 Å². The summed E-state index contributed by atoms with van der Waals surface area (Å²) in [5.74, 6) is 1.60. The van der Waals surface area contributed by atoms with Gasteiger partial charge < -0.3 is 24.6 Å². The van der Waals surface area contributed by atoms with Crippen LogP contribution in [0.4, 0.5) is 5.69 Å². The summed E-state index contributed by atoms with van der Waals surface area (Å²) in [5, 5.41) is 15.1. The Balaban J connectivity index is 2.58. The summed E-state index contributed by atoms with van der Waals surface area (Å²) < 4.78 is 16.3. The van der Waals surface area contributed by atoms with Gasteiger partial charge in [0.2, 0.25) is 0 Å². The van der Waals surface area contributed by atoms with E-state index in [0.29, 0.717) is 45.6 Å². The zero-order valence-corrected chi connectivity index (χ0v) is 17.5. The van der Waals surface area contributed by atoms with Crippen molar-refractivity contribution in [3.8, 4) is 17.2 Å². The van der Waals surface area contributed by atoms with Crippen LogP contribution >= 0.6 is 11.6 Å². The summed E-state index contributed by atoms with van der Waals surface area (Å²) in [6.07, 6.45) is -0.981. The van der Waals surface area contributed by atoms with Crippen molar-refractivity contribution in [2.75, 3.05) is 33.2 Å². The van der Waals surface area contributed by atoms with E-state index in [-0.39, 0.29) is 5.41 Å². The van der Waals surface area contributed by atoms with Gasteiger partial charge in [-0.25, -0.2) is 0 Å². The Kier molecular flexibility index (Phi) is 6.84. The normalized spacial score (nSPS) is 12.4. The summed E-state index contributed by atoms with van der Waals surface area (Å²) in [5.41, 5.74) is 1.94. The molecule has 27 heavy (non-hydrogen) atoms. The maximum Gasteiger partial charge on any atom is 0.166 e. The van der Waals surface area contributed by atoms with E-state index in [4.69, 9.17) is 25.8 Å². The van der Waals surface area contributed by atoms with Crippen molar-refractivity contribution in [1.82, 2.24) is 0 Å². The van der Waals surface area contributed by atoms with Crippen LogP contribution in [-0.2, 0) is 0 Å². The molecule has 2 N–H and O–H groups in total. The fraction of sp³-hybridized carbons (Fsp3) is 0.429. The van der Waals surface area contributed by atoms with E-state index >= 15 is 0 Å². The van der Waals surface area contributed by atoms with Crippen molar-refractivity contribution < 1.29 is 19.3 Å². The molecule has 2 aromatic rings. The van der Waals surface area contributed by atoms with E-state index in [9.17, 15) is 5.11 Å². The van der Waals surface area contributed by atoms with E-state index < -0.39 is 6.10 Å². The Hall–Kier alpha value is -2.11. The highest BCUT2D eigenvalue weighted by Gasteiger charge is 2.24. The highest BCUT2D eigenvalue weighted by atomic mass is 35.5. The third kappa shape index (κ3) is 4.99. The minimum Gasteiger partial charge on any atom is -0.495 e. The van der Waals surface area contributed by atoms with Gasteiger partial charge in [0.1, 0.15) is 11.9 Å². The van der Waals surface area contributed by atoms with Crippen molar-refractivity contribution in [2.24, 2.45) is 5.41 Å². The van der Waals surface area contributed by atoms with Gasteiger partial charge in [0.15, 0.2) is 11.5 Å². The summed E-state index contributed by atoms with van der Waals surface area (Å²) >= 11 is 6.28. The van der Waals surface area contributed by atoms with Crippen LogP contribution in [-0.4, -0.2) is 33.0 Å². The van der Waals surface area contributed by atoms with Gasteiger partial charge in [-0.2, -0.15) is 0 Å². The zero-order chi connectivity index (χ0) is 20.2. The Morgan fingerprint density at radius 3 is 2.22 bits per heavy atom. The van der Waals surface area contributed by atoms with Gasteiger partial charge >= 0.3 is 0 Å². The van der Waals surface area contributed by atoms with Crippen LogP contribution in [0.15, 0.2) is 30.3 Å². The van der Waals surface area contributed by atoms with Crippen LogP contribution in [0.25, 0.3) is 0 Å². The van der Waals surface area contributed by atoms with Crippen molar-refractivity contribution in [3.63, 3.8) is 0 Å². The summed E-state index contributed by atoms with van der Waals surface area (Å²) in [6, 6.07) is 8.85. The SMILES string of the molecule is COc1cc(Cl)cc(C(O)c2cccc(OC)c2OC)c1NCC(C)(C)C. The molecule has 5 nitrogen and oxygen atoms in total. The van der Waals surface area contributed by atoms with Crippen LogP contribution < -0.4 is 19.5 Å². The number of para-hydroxylation sites is 1. The quantitative estimate of drug-likeness (QED) is 0.700. The lowest BCUT2D eigenvalue weighted by atomic mass is 9.95. The standard InChI is InChI=1S/C21H28ClNO4/c1-21(2,3)12-23-18-15(10-13(22)11-17(18)26-5)19(24)14-8-7-9-16(25-4)20(14)27-6/h7-11,19,23-24H,12H2,1-6H3. The number of benzene rings is 2. The largest absolute Gasteiger partial charge is 0.495 e. The minimum atomic E-state index is -0.981. The van der Waals surface area contributed by atoms with Gasteiger partial charge in [-0.3, -0.25) is 0 Å². The molecule has 148 valence electrons. The van der Waals surface area contributed by atoms with Gasteiger partial charge in [-0.05, 0) is 17.5 Å². The lowest BCUT2D eigenvalue weighted by molar-refractivity contribution is 0.213. The van der Waals surface area contributed by atoms with Crippen molar-refractivity contribution in [3.05, 3.63) is 46.5 Å². The molecule has 0 fully saturated rings. The molecule has 0 heterocycles. The van der Waals surface area contributed by atoms with Gasteiger partial charge in [0, 0.05) is 28.8 Å². The molecule has 0 aliphatic heterocycles. The number of nitrogens with one attached hydrogen (secondary N) is 1. The molecule has 0 aliphatic rings. The number of hydrogen-bond acceptors (Lipinski definition) is 5. The molecule has 0 aromatic heterocycles.